The van der Waals surface area contributed by atoms with Gasteiger partial charge in [0, 0.05) is 24.9 Å². The van der Waals surface area contributed by atoms with E-state index >= 15 is 0 Å². The van der Waals surface area contributed by atoms with Gasteiger partial charge in [0.1, 0.15) is 5.60 Å². The molecule has 0 aromatic carbocycles. The second kappa shape index (κ2) is 4.21. The van der Waals surface area contributed by atoms with Gasteiger partial charge in [-0.05, 0) is 33.6 Å². The molecule has 2 aliphatic heterocycles. The van der Waals surface area contributed by atoms with Gasteiger partial charge >= 0.3 is 6.09 Å². The fourth-order valence-corrected chi connectivity index (χ4v) is 2.87. The molecule has 17 heavy (non-hydrogen) atoms. The summed E-state index contributed by atoms with van der Waals surface area (Å²) in [5.41, 5.74) is -0.437. The highest BCUT2D eigenvalue weighted by Crippen LogP contribution is 2.37. The molecule has 0 saturated carbocycles. The van der Waals surface area contributed by atoms with Crippen LogP contribution in [0.15, 0.2) is 0 Å². The average molecular weight is 236 g/mol. The van der Waals surface area contributed by atoms with Crippen LogP contribution in [0.4, 0.5) is 4.79 Å². The van der Waals surface area contributed by atoms with Crippen LogP contribution in [0.1, 0.15) is 46.5 Å². The SMILES string of the molecule is [C-]#[N+]C1C[C@H]2CC[C@@H](C1)N2C(=O)OC(C)(C)C. The van der Waals surface area contributed by atoms with Crippen LogP contribution in [-0.2, 0) is 4.74 Å². The molecule has 2 saturated heterocycles. The number of hydrogen-bond acceptors (Lipinski definition) is 2. The molecule has 4 heteroatoms. The number of fused-ring (bicyclic) bond motifs is 2. The van der Waals surface area contributed by atoms with E-state index in [9.17, 15) is 4.79 Å². The lowest BCUT2D eigenvalue weighted by atomic mass is 9.98. The molecule has 2 aliphatic rings. The molecule has 2 heterocycles. The van der Waals surface area contributed by atoms with Crippen LogP contribution in [-0.4, -0.2) is 34.7 Å². The predicted molar refractivity (Wildman–Crippen MR) is 64.5 cm³/mol. The smallest absolute Gasteiger partial charge is 0.410 e. The minimum atomic E-state index is -0.437. The standard InChI is InChI=1S/C13H20N2O2/c1-13(2,3)17-12(16)15-10-5-6-11(15)8-9(7-10)14-4/h9-11H,5-8H2,1-3H3/t9?,10-,11+. The summed E-state index contributed by atoms with van der Waals surface area (Å²) in [5, 5.41) is 0. The second-order valence-electron chi connectivity index (χ2n) is 6.03. The molecule has 0 aromatic rings. The third-order valence-electron chi connectivity index (χ3n) is 3.50. The Morgan fingerprint density at radius 1 is 1.29 bits per heavy atom. The molecule has 4 nitrogen and oxygen atoms in total. The molecular formula is C13H20N2O2. The Morgan fingerprint density at radius 2 is 1.82 bits per heavy atom. The molecule has 0 aromatic heterocycles. The maximum atomic E-state index is 12.1. The van der Waals surface area contributed by atoms with Crippen LogP contribution in [0.2, 0.25) is 0 Å². The lowest BCUT2D eigenvalue weighted by Crippen LogP contribution is -2.49. The van der Waals surface area contributed by atoms with Crippen LogP contribution in [0, 0.1) is 6.57 Å². The molecule has 3 atom stereocenters. The first kappa shape index (κ1) is 12.2. The summed E-state index contributed by atoms with van der Waals surface area (Å²) in [6, 6.07) is 0.552. The monoisotopic (exact) mass is 236 g/mol. The summed E-state index contributed by atoms with van der Waals surface area (Å²) < 4.78 is 5.44. The molecule has 0 N–H and O–H groups in total. The Labute approximate surface area is 103 Å². The van der Waals surface area contributed by atoms with Crippen molar-refractivity contribution >= 4 is 6.09 Å². The lowest BCUT2D eigenvalue weighted by Gasteiger charge is -2.36. The summed E-state index contributed by atoms with van der Waals surface area (Å²) in [7, 11) is 0. The topological polar surface area (TPSA) is 33.9 Å². The Kier molecular flexibility index (Phi) is 3.03. The van der Waals surface area contributed by atoms with Crippen LogP contribution >= 0.6 is 0 Å². The first-order valence-electron chi connectivity index (χ1n) is 6.28. The number of rotatable bonds is 0. The van der Waals surface area contributed by atoms with Crippen molar-refractivity contribution in [3.05, 3.63) is 11.4 Å². The van der Waals surface area contributed by atoms with Crippen molar-refractivity contribution in [3.63, 3.8) is 0 Å². The van der Waals surface area contributed by atoms with Gasteiger partial charge in [-0.2, -0.15) is 0 Å². The van der Waals surface area contributed by atoms with Crippen LogP contribution in [0.25, 0.3) is 4.85 Å². The van der Waals surface area contributed by atoms with Crippen LogP contribution < -0.4 is 0 Å². The maximum absolute atomic E-state index is 12.1. The van der Waals surface area contributed by atoms with Crippen molar-refractivity contribution < 1.29 is 9.53 Å². The van der Waals surface area contributed by atoms with Crippen molar-refractivity contribution in [1.29, 1.82) is 0 Å². The molecule has 2 fully saturated rings. The highest BCUT2D eigenvalue weighted by Gasteiger charge is 2.46. The van der Waals surface area contributed by atoms with E-state index in [0.717, 1.165) is 25.7 Å². The van der Waals surface area contributed by atoms with E-state index in [0.29, 0.717) is 0 Å². The summed E-state index contributed by atoms with van der Waals surface area (Å²) in [4.78, 5) is 17.6. The minimum Gasteiger partial charge on any atom is -0.444 e. The Morgan fingerprint density at radius 3 is 2.24 bits per heavy atom. The summed E-state index contributed by atoms with van der Waals surface area (Å²) in [6.07, 6.45) is 3.48. The molecule has 0 spiro atoms. The normalized spacial score (nSPS) is 32.1. The van der Waals surface area contributed by atoms with E-state index in [1.165, 1.54) is 0 Å². The Hall–Kier alpha value is -1.24. The maximum Gasteiger partial charge on any atom is 0.410 e. The molecule has 1 unspecified atom stereocenters. The summed E-state index contributed by atoms with van der Waals surface area (Å²) in [5.74, 6) is 0. The van der Waals surface area contributed by atoms with Crippen molar-refractivity contribution in [2.45, 2.75) is 70.2 Å². The van der Waals surface area contributed by atoms with Gasteiger partial charge in [-0.3, -0.25) is 0 Å². The van der Waals surface area contributed by atoms with Crippen LogP contribution in [0.3, 0.4) is 0 Å². The first-order valence-corrected chi connectivity index (χ1v) is 6.28. The van der Waals surface area contributed by atoms with E-state index in [1.807, 2.05) is 25.7 Å². The number of hydrogen-bond donors (Lipinski definition) is 0. The van der Waals surface area contributed by atoms with Gasteiger partial charge in [0.15, 0.2) is 0 Å². The largest absolute Gasteiger partial charge is 0.444 e. The molecule has 0 aliphatic carbocycles. The van der Waals surface area contributed by atoms with Gasteiger partial charge in [-0.15, -0.1) is 0 Å². The van der Waals surface area contributed by atoms with Crippen molar-refractivity contribution in [2.75, 3.05) is 0 Å². The Bertz CT molecular complexity index is 339. The number of amides is 1. The van der Waals surface area contributed by atoms with E-state index < -0.39 is 5.60 Å². The third kappa shape index (κ3) is 2.54. The molecule has 0 radical (unpaired) electrons. The quantitative estimate of drug-likeness (QED) is 0.606. The van der Waals surface area contributed by atoms with E-state index in [2.05, 4.69) is 4.85 Å². The fraction of sp³-hybridized carbons (Fsp3) is 0.846. The van der Waals surface area contributed by atoms with Gasteiger partial charge in [0.05, 0.1) is 0 Å². The molecular weight excluding hydrogens is 216 g/mol. The average Bonchev–Trinajstić information content (AvgIpc) is 2.47. The molecule has 2 bridgehead atoms. The summed E-state index contributed by atoms with van der Waals surface area (Å²) in [6.45, 7) is 12.8. The van der Waals surface area contributed by atoms with Gasteiger partial charge in [0.25, 0.3) is 0 Å². The van der Waals surface area contributed by atoms with Gasteiger partial charge in [-0.1, -0.05) is 0 Å². The fourth-order valence-electron chi connectivity index (χ4n) is 2.87. The highest BCUT2D eigenvalue weighted by molar-refractivity contribution is 5.69. The van der Waals surface area contributed by atoms with E-state index in [1.54, 1.807) is 0 Å². The zero-order valence-corrected chi connectivity index (χ0v) is 10.8. The molecule has 94 valence electrons. The van der Waals surface area contributed by atoms with Crippen molar-refractivity contribution in [1.82, 2.24) is 4.90 Å². The first-order chi connectivity index (χ1) is 7.90. The number of ether oxygens (including phenoxy) is 1. The van der Waals surface area contributed by atoms with Gasteiger partial charge in [-0.25, -0.2) is 11.4 Å². The third-order valence-corrected chi connectivity index (χ3v) is 3.50. The van der Waals surface area contributed by atoms with Gasteiger partial charge < -0.3 is 14.5 Å². The number of piperidine rings is 1. The number of nitrogens with zero attached hydrogens (tertiary/aromatic N) is 2. The zero-order valence-electron chi connectivity index (χ0n) is 10.8. The highest BCUT2D eigenvalue weighted by atomic mass is 16.6. The number of carbonyl (C=O) groups excluding carboxylic acids is 1. The lowest BCUT2D eigenvalue weighted by molar-refractivity contribution is 0.00731. The van der Waals surface area contributed by atoms with E-state index in [-0.39, 0.29) is 24.2 Å². The van der Waals surface area contributed by atoms with E-state index in [4.69, 9.17) is 11.3 Å². The minimum absolute atomic E-state index is 0.103. The Balaban J connectivity index is 2.04. The number of carbonyl (C=O) groups is 1. The van der Waals surface area contributed by atoms with Crippen molar-refractivity contribution in [2.24, 2.45) is 0 Å². The summed E-state index contributed by atoms with van der Waals surface area (Å²) >= 11 is 0. The zero-order chi connectivity index (χ0) is 12.6. The van der Waals surface area contributed by atoms with Crippen LogP contribution in [0.5, 0.6) is 0 Å². The predicted octanol–water partition coefficient (Wildman–Crippen LogP) is 2.84. The second-order valence-corrected chi connectivity index (χ2v) is 6.03. The van der Waals surface area contributed by atoms with Gasteiger partial charge in [0.2, 0.25) is 6.04 Å². The molecule has 2 rings (SSSR count). The van der Waals surface area contributed by atoms with Crippen molar-refractivity contribution in [3.8, 4) is 0 Å². The molecule has 1 amide bonds.